The second kappa shape index (κ2) is 7.91. The maximum atomic E-state index is 12.4. The molecule has 7 heteroatoms. The quantitative estimate of drug-likeness (QED) is 0.725. The highest BCUT2D eigenvalue weighted by Crippen LogP contribution is 2.26. The molecule has 0 amide bonds. The van der Waals surface area contributed by atoms with Crippen molar-refractivity contribution in [1.82, 2.24) is 4.72 Å². The molecule has 0 aromatic carbocycles. The van der Waals surface area contributed by atoms with Crippen LogP contribution in [0.2, 0.25) is 0 Å². The van der Waals surface area contributed by atoms with Gasteiger partial charge >= 0.3 is 5.97 Å². The molecule has 1 atom stereocenters. The normalized spacial score (nSPS) is 13.3. The highest BCUT2D eigenvalue weighted by molar-refractivity contribution is 7.91. The van der Waals surface area contributed by atoms with Gasteiger partial charge < -0.3 is 5.11 Å². The van der Waals surface area contributed by atoms with Crippen molar-refractivity contribution in [2.45, 2.75) is 63.1 Å². The number of unbranched alkanes of at least 4 members (excludes halogenated alkanes) is 1. The minimum absolute atomic E-state index is 0.0787. The van der Waals surface area contributed by atoms with Crippen molar-refractivity contribution in [3.05, 3.63) is 16.5 Å². The van der Waals surface area contributed by atoms with Crippen LogP contribution in [0.5, 0.6) is 0 Å². The molecule has 0 aliphatic carbocycles. The summed E-state index contributed by atoms with van der Waals surface area (Å²) in [6.07, 6.45) is 4.48. The first-order chi connectivity index (χ1) is 9.81. The van der Waals surface area contributed by atoms with Crippen molar-refractivity contribution in [2.24, 2.45) is 0 Å². The van der Waals surface area contributed by atoms with Gasteiger partial charge in [0.1, 0.15) is 9.09 Å². The lowest BCUT2D eigenvalue weighted by atomic mass is 10.1. The molecule has 1 aromatic rings. The Labute approximate surface area is 130 Å². The van der Waals surface area contributed by atoms with Gasteiger partial charge in [0.05, 0.1) is 0 Å². The summed E-state index contributed by atoms with van der Waals surface area (Å²) in [7, 11) is -3.64. The minimum Gasteiger partial charge on any atom is -0.477 e. The van der Waals surface area contributed by atoms with Gasteiger partial charge in [0.15, 0.2) is 0 Å². The van der Waals surface area contributed by atoms with Crippen molar-refractivity contribution in [3.8, 4) is 0 Å². The number of thiophene rings is 1. The Kier molecular flexibility index (Phi) is 6.83. The van der Waals surface area contributed by atoms with Crippen LogP contribution in [0.4, 0.5) is 0 Å². The van der Waals surface area contributed by atoms with Crippen LogP contribution >= 0.6 is 11.3 Å². The molecule has 0 spiro atoms. The number of carbonyl (C=O) groups is 1. The Morgan fingerprint density at radius 2 is 2.00 bits per heavy atom. The first kappa shape index (κ1) is 18.1. The number of nitrogens with one attached hydrogen (secondary N) is 1. The van der Waals surface area contributed by atoms with Gasteiger partial charge in [-0.2, -0.15) is 0 Å². The molecule has 0 aliphatic rings. The van der Waals surface area contributed by atoms with Gasteiger partial charge in [-0.15, -0.1) is 11.3 Å². The highest BCUT2D eigenvalue weighted by Gasteiger charge is 2.24. The fourth-order valence-corrected chi connectivity index (χ4v) is 4.84. The molecule has 0 fully saturated rings. The van der Waals surface area contributed by atoms with E-state index in [1.165, 1.54) is 6.07 Å². The number of rotatable bonds is 9. The van der Waals surface area contributed by atoms with E-state index in [1.54, 1.807) is 6.92 Å². The van der Waals surface area contributed by atoms with Crippen LogP contribution in [0.3, 0.4) is 0 Å². The average Bonchev–Trinajstić information content (AvgIpc) is 2.79. The zero-order chi connectivity index (χ0) is 16.0. The third kappa shape index (κ3) is 5.09. The maximum absolute atomic E-state index is 12.4. The molecule has 0 aliphatic heterocycles. The van der Waals surface area contributed by atoms with Gasteiger partial charge in [-0.3, -0.25) is 0 Å². The van der Waals surface area contributed by atoms with Crippen LogP contribution in [0.1, 0.15) is 61.2 Å². The van der Waals surface area contributed by atoms with Gasteiger partial charge in [0, 0.05) is 6.04 Å². The Morgan fingerprint density at radius 3 is 2.48 bits per heavy atom. The molecule has 1 unspecified atom stereocenters. The first-order valence-corrected chi connectivity index (χ1v) is 9.47. The predicted molar refractivity (Wildman–Crippen MR) is 84.6 cm³/mol. The number of hydrogen-bond donors (Lipinski definition) is 2. The number of aryl methyl sites for hydroxylation is 1. The van der Waals surface area contributed by atoms with Crippen LogP contribution in [0, 0.1) is 6.92 Å². The number of carboxylic acids is 1. The zero-order valence-corrected chi connectivity index (χ0v) is 14.3. The predicted octanol–water partition coefficient (Wildman–Crippen LogP) is 3.39. The summed E-state index contributed by atoms with van der Waals surface area (Å²) in [5, 5.41) is 9.02. The Hall–Kier alpha value is -0.920. The topological polar surface area (TPSA) is 83.5 Å². The van der Waals surface area contributed by atoms with Crippen LogP contribution in [-0.4, -0.2) is 25.5 Å². The van der Waals surface area contributed by atoms with E-state index in [-0.39, 0.29) is 15.1 Å². The average molecular weight is 333 g/mol. The van der Waals surface area contributed by atoms with Crippen molar-refractivity contribution in [3.63, 3.8) is 0 Å². The third-order valence-electron chi connectivity index (χ3n) is 3.22. The maximum Gasteiger partial charge on any atom is 0.346 e. The van der Waals surface area contributed by atoms with E-state index < -0.39 is 16.0 Å². The molecule has 0 saturated carbocycles. The van der Waals surface area contributed by atoms with E-state index in [2.05, 4.69) is 11.6 Å². The lowest BCUT2D eigenvalue weighted by Gasteiger charge is -2.17. The lowest BCUT2D eigenvalue weighted by molar-refractivity contribution is 0.0701. The molecule has 2 N–H and O–H groups in total. The minimum atomic E-state index is -3.64. The van der Waals surface area contributed by atoms with Gasteiger partial charge in [-0.1, -0.05) is 33.1 Å². The van der Waals surface area contributed by atoms with Crippen LogP contribution in [0.25, 0.3) is 0 Å². The third-order valence-corrected chi connectivity index (χ3v) is 6.44. The summed E-state index contributed by atoms with van der Waals surface area (Å²) in [6, 6.07) is 1.34. The molecular formula is C14H23NO4S2. The van der Waals surface area contributed by atoms with Crippen molar-refractivity contribution >= 4 is 27.3 Å². The zero-order valence-electron chi connectivity index (χ0n) is 12.7. The molecule has 1 rings (SSSR count). The summed E-state index contributed by atoms with van der Waals surface area (Å²) in [5.74, 6) is -1.09. The number of carboxylic acid groups (broad SMARTS) is 1. The van der Waals surface area contributed by atoms with Gasteiger partial charge in [0.2, 0.25) is 10.0 Å². The lowest BCUT2D eigenvalue weighted by Crippen LogP contribution is -2.34. The monoisotopic (exact) mass is 333 g/mol. The largest absolute Gasteiger partial charge is 0.477 e. The molecule has 120 valence electrons. The van der Waals surface area contributed by atoms with Crippen LogP contribution in [-0.2, 0) is 10.0 Å². The number of hydrogen-bond acceptors (Lipinski definition) is 4. The number of sulfonamides is 1. The number of aromatic carboxylic acids is 1. The molecule has 0 bridgehead atoms. The molecule has 0 radical (unpaired) electrons. The second-order valence-electron chi connectivity index (χ2n) is 5.13. The molecule has 5 nitrogen and oxygen atoms in total. The summed E-state index contributed by atoms with van der Waals surface area (Å²) in [4.78, 5) is 11.1. The first-order valence-electron chi connectivity index (χ1n) is 7.17. The molecular weight excluding hydrogens is 310 g/mol. The summed E-state index contributed by atoms with van der Waals surface area (Å²) in [5.41, 5.74) is 0.480. The SMILES string of the molecule is CCCCC(CCC)NS(=O)(=O)c1cc(C)c(C(=O)O)s1. The van der Waals surface area contributed by atoms with Crippen LogP contribution < -0.4 is 4.72 Å². The molecule has 0 saturated heterocycles. The van der Waals surface area contributed by atoms with E-state index in [1.807, 2.05) is 6.92 Å². The van der Waals surface area contributed by atoms with Gasteiger partial charge in [-0.25, -0.2) is 17.9 Å². The molecule has 21 heavy (non-hydrogen) atoms. The van der Waals surface area contributed by atoms with E-state index in [9.17, 15) is 13.2 Å². The van der Waals surface area contributed by atoms with E-state index >= 15 is 0 Å². The van der Waals surface area contributed by atoms with Crippen molar-refractivity contribution < 1.29 is 18.3 Å². The Balaban J connectivity index is 2.93. The standard InChI is InChI=1S/C14H23NO4S2/c1-4-6-8-11(7-5-2)15-21(18,19)12-9-10(3)13(20-12)14(16)17/h9,11,15H,4-8H2,1-3H3,(H,16,17). The van der Waals surface area contributed by atoms with Crippen LogP contribution in [0.15, 0.2) is 10.3 Å². The fraction of sp³-hybridized carbons (Fsp3) is 0.643. The van der Waals surface area contributed by atoms with E-state index in [4.69, 9.17) is 5.11 Å². The summed E-state index contributed by atoms with van der Waals surface area (Å²) in [6.45, 7) is 5.70. The molecule has 1 heterocycles. The Morgan fingerprint density at radius 1 is 1.33 bits per heavy atom. The Bertz CT molecular complexity index is 578. The smallest absolute Gasteiger partial charge is 0.346 e. The van der Waals surface area contributed by atoms with Gasteiger partial charge in [0.25, 0.3) is 0 Å². The summed E-state index contributed by atoms with van der Waals surface area (Å²) < 4.78 is 27.5. The van der Waals surface area contributed by atoms with Gasteiger partial charge in [-0.05, 0) is 31.4 Å². The second-order valence-corrected chi connectivity index (χ2v) is 8.12. The fourth-order valence-electron chi connectivity index (χ4n) is 2.14. The van der Waals surface area contributed by atoms with Crippen molar-refractivity contribution in [1.29, 1.82) is 0 Å². The van der Waals surface area contributed by atoms with E-state index in [0.29, 0.717) is 5.56 Å². The summed E-state index contributed by atoms with van der Waals surface area (Å²) >= 11 is 0.808. The highest BCUT2D eigenvalue weighted by atomic mass is 32.2. The van der Waals surface area contributed by atoms with Crippen molar-refractivity contribution in [2.75, 3.05) is 0 Å². The van der Waals surface area contributed by atoms with E-state index in [0.717, 1.165) is 43.4 Å². The molecule has 1 aromatic heterocycles.